The minimum Gasteiger partial charge on any atom is -0.545 e. The second-order valence-electron chi connectivity index (χ2n) is 5.22. The largest absolute Gasteiger partial charge is 0.545 e. The smallest absolute Gasteiger partial charge is 0.429 e. The van der Waals surface area contributed by atoms with Crippen LogP contribution in [0.15, 0.2) is 34.5 Å². The molecule has 0 aliphatic carbocycles. The quantitative estimate of drug-likeness (QED) is 0.828. The van der Waals surface area contributed by atoms with Gasteiger partial charge in [-0.3, -0.25) is 0 Å². The summed E-state index contributed by atoms with van der Waals surface area (Å²) in [6, 6.07) is 4.69. The molecule has 1 unspecified atom stereocenters. The first-order valence-corrected chi connectivity index (χ1v) is 8.07. The minimum atomic E-state index is -4.86. The first-order valence-electron chi connectivity index (χ1n) is 6.75. The third-order valence-electron chi connectivity index (χ3n) is 3.52. The maximum absolute atomic E-state index is 13.0. The van der Waals surface area contributed by atoms with Gasteiger partial charge >= 0.3 is 6.18 Å². The van der Waals surface area contributed by atoms with Gasteiger partial charge in [0.1, 0.15) is 5.75 Å². The Morgan fingerprint density at radius 1 is 1.38 bits per heavy atom. The predicted molar refractivity (Wildman–Crippen MR) is 82.0 cm³/mol. The van der Waals surface area contributed by atoms with Crippen molar-refractivity contribution in [2.24, 2.45) is 0 Å². The Morgan fingerprint density at radius 2 is 2.12 bits per heavy atom. The molecule has 1 aromatic carbocycles. The van der Waals surface area contributed by atoms with Crippen LogP contribution in [-0.4, -0.2) is 18.2 Å². The summed E-state index contributed by atoms with van der Waals surface area (Å²) in [6.45, 7) is 0. The normalized spacial score (nSPS) is 17.0. The van der Waals surface area contributed by atoms with Crippen LogP contribution in [0.3, 0.4) is 0 Å². The minimum absolute atomic E-state index is 0.0584. The van der Waals surface area contributed by atoms with E-state index in [1.54, 1.807) is 0 Å². The monoisotopic (exact) mass is 373 g/mol. The van der Waals surface area contributed by atoms with E-state index < -0.39 is 23.8 Å². The molecule has 8 heteroatoms. The van der Waals surface area contributed by atoms with Crippen LogP contribution in [0.4, 0.5) is 13.2 Å². The zero-order valence-corrected chi connectivity index (χ0v) is 13.5. The van der Waals surface area contributed by atoms with Crippen LogP contribution in [0.2, 0.25) is 5.02 Å². The zero-order valence-electron chi connectivity index (χ0n) is 11.9. The molecule has 3 nitrogen and oxygen atoms in total. The molecule has 0 bridgehead atoms. The molecule has 1 aliphatic heterocycles. The van der Waals surface area contributed by atoms with Crippen molar-refractivity contribution in [2.45, 2.75) is 18.7 Å². The Morgan fingerprint density at radius 3 is 2.71 bits per heavy atom. The summed E-state index contributed by atoms with van der Waals surface area (Å²) in [4.78, 5) is 11.0. The molecular formula is C16H9ClF3O3S-. The lowest BCUT2D eigenvalue weighted by Crippen LogP contribution is -2.44. The van der Waals surface area contributed by atoms with Gasteiger partial charge in [-0.15, -0.1) is 0 Å². The van der Waals surface area contributed by atoms with Crippen molar-refractivity contribution in [3.63, 3.8) is 0 Å². The number of hydrogen-bond donors (Lipinski definition) is 0. The lowest BCUT2D eigenvalue weighted by molar-refractivity contribution is -0.302. The molecule has 126 valence electrons. The Hall–Kier alpha value is -1.99. The van der Waals surface area contributed by atoms with Gasteiger partial charge in [-0.1, -0.05) is 11.6 Å². The van der Waals surface area contributed by atoms with Crippen LogP contribution >= 0.6 is 22.9 Å². The number of rotatable bonds is 3. The highest BCUT2D eigenvalue weighted by Gasteiger charge is 2.46. The van der Waals surface area contributed by atoms with E-state index in [0.29, 0.717) is 17.0 Å². The number of carbonyl (C=O) groups excluding carboxylic acids is 1. The molecule has 24 heavy (non-hydrogen) atoms. The third-order valence-corrected chi connectivity index (χ3v) is 4.61. The molecule has 1 aliphatic rings. The number of carbonyl (C=O) groups is 1. The van der Waals surface area contributed by atoms with Gasteiger partial charge in [0.25, 0.3) is 0 Å². The second kappa shape index (κ2) is 6.14. The summed E-state index contributed by atoms with van der Waals surface area (Å²) in [5.74, 6) is -1.99. The van der Waals surface area contributed by atoms with E-state index in [1.807, 2.05) is 16.8 Å². The maximum atomic E-state index is 13.0. The summed E-state index contributed by atoms with van der Waals surface area (Å²) in [5.41, 5.74) is 0.765. The van der Waals surface area contributed by atoms with Gasteiger partial charge in [-0.2, -0.15) is 24.5 Å². The molecule has 0 radical (unpaired) electrons. The number of hydrogen-bond acceptors (Lipinski definition) is 4. The molecule has 0 spiro atoms. The fourth-order valence-electron chi connectivity index (χ4n) is 2.42. The molecule has 0 amide bonds. The molecule has 1 aromatic heterocycles. The van der Waals surface area contributed by atoms with E-state index in [4.69, 9.17) is 16.3 Å². The molecule has 0 saturated heterocycles. The van der Waals surface area contributed by atoms with Crippen molar-refractivity contribution < 1.29 is 27.8 Å². The Balaban J connectivity index is 2.03. The van der Waals surface area contributed by atoms with Gasteiger partial charge in [-0.05, 0) is 52.6 Å². The van der Waals surface area contributed by atoms with Gasteiger partial charge < -0.3 is 14.6 Å². The van der Waals surface area contributed by atoms with Crippen LogP contribution in [0.25, 0.3) is 6.08 Å². The lowest BCUT2D eigenvalue weighted by Gasteiger charge is -2.29. The van der Waals surface area contributed by atoms with E-state index in [0.717, 1.165) is 11.6 Å². The van der Waals surface area contributed by atoms with Crippen LogP contribution in [0.1, 0.15) is 16.7 Å². The van der Waals surface area contributed by atoms with E-state index in [1.165, 1.54) is 23.5 Å². The zero-order chi connectivity index (χ0) is 17.5. The third kappa shape index (κ3) is 3.27. The van der Waals surface area contributed by atoms with Crippen molar-refractivity contribution in [1.29, 1.82) is 0 Å². The van der Waals surface area contributed by atoms with Gasteiger partial charge in [0, 0.05) is 16.2 Å². The first-order chi connectivity index (χ1) is 11.3. The standard InChI is InChI=1S/C16H10ClF3O3S/c17-12-5-10-4-11(15(21)22)14(16(18,19)20)23-13(10)6-9(12)3-8-1-2-24-7-8/h1-2,4-7,14H,3H2,(H,21,22)/p-1. The van der Waals surface area contributed by atoms with Gasteiger partial charge in [-0.25, -0.2) is 0 Å². The molecule has 0 saturated carbocycles. The fraction of sp³-hybridized carbons (Fsp3) is 0.188. The predicted octanol–water partition coefficient (Wildman–Crippen LogP) is 3.45. The average molecular weight is 374 g/mol. The highest BCUT2D eigenvalue weighted by molar-refractivity contribution is 7.07. The van der Waals surface area contributed by atoms with Crippen LogP contribution < -0.4 is 9.84 Å². The lowest BCUT2D eigenvalue weighted by atomic mass is 9.98. The van der Waals surface area contributed by atoms with Gasteiger partial charge in [0.2, 0.25) is 6.10 Å². The van der Waals surface area contributed by atoms with Crippen LogP contribution in [-0.2, 0) is 11.2 Å². The maximum Gasteiger partial charge on any atom is 0.429 e. The van der Waals surface area contributed by atoms with E-state index in [2.05, 4.69) is 0 Å². The SMILES string of the molecule is O=C([O-])C1=Cc2cc(Cl)c(Cc3ccsc3)cc2OC1C(F)(F)F. The van der Waals surface area contributed by atoms with Crippen LogP contribution in [0.5, 0.6) is 5.75 Å². The Kier molecular flexibility index (Phi) is 4.31. The number of thiophene rings is 1. The molecule has 1 atom stereocenters. The topological polar surface area (TPSA) is 49.4 Å². The summed E-state index contributed by atoms with van der Waals surface area (Å²) >= 11 is 7.66. The molecule has 2 aromatic rings. The number of benzene rings is 1. The van der Waals surface area contributed by atoms with Crippen molar-refractivity contribution >= 4 is 35.0 Å². The summed E-state index contributed by atoms with van der Waals surface area (Å²) in [7, 11) is 0. The highest BCUT2D eigenvalue weighted by atomic mass is 35.5. The van der Waals surface area contributed by atoms with Crippen molar-refractivity contribution in [3.05, 3.63) is 56.2 Å². The summed E-state index contributed by atoms with van der Waals surface area (Å²) in [6.07, 6.45) is -6.10. The first kappa shape index (κ1) is 16.9. The molecular weight excluding hydrogens is 365 g/mol. The summed E-state index contributed by atoms with van der Waals surface area (Å²) < 4.78 is 44.1. The number of ether oxygens (including phenoxy) is 1. The highest BCUT2D eigenvalue weighted by Crippen LogP contribution is 2.39. The Bertz CT molecular complexity index is 813. The number of aliphatic carboxylic acids is 1. The van der Waals surface area contributed by atoms with Crippen molar-refractivity contribution in [2.75, 3.05) is 0 Å². The van der Waals surface area contributed by atoms with Crippen molar-refractivity contribution in [3.8, 4) is 5.75 Å². The Labute approximate surface area is 143 Å². The molecule has 2 heterocycles. The van der Waals surface area contributed by atoms with Crippen LogP contribution in [0, 0.1) is 0 Å². The number of carboxylic acids is 1. The number of halogens is 4. The number of carboxylic acid groups (broad SMARTS) is 1. The van der Waals surface area contributed by atoms with Gasteiger partial charge in [0.05, 0.1) is 5.97 Å². The molecule has 0 N–H and O–H groups in total. The second-order valence-corrected chi connectivity index (χ2v) is 6.40. The molecule has 3 rings (SSSR count). The average Bonchev–Trinajstić information content (AvgIpc) is 2.98. The number of alkyl halides is 3. The van der Waals surface area contributed by atoms with E-state index in [9.17, 15) is 23.1 Å². The summed E-state index contributed by atoms with van der Waals surface area (Å²) in [5, 5.41) is 15.1. The van der Waals surface area contributed by atoms with E-state index in [-0.39, 0.29) is 11.3 Å². The fourth-order valence-corrected chi connectivity index (χ4v) is 3.32. The number of fused-ring (bicyclic) bond motifs is 1. The van der Waals surface area contributed by atoms with E-state index >= 15 is 0 Å². The van der Waals surface area contributed by atoms with Gasteiger partial charge in [0.15, 0.2) is 0 Å². The molecule has 0 fully saturated rings. The van der Waals surface area contributed by atoms with Crippen molar-refractivity contribution in [1.82, 2.24) is 0 Å².